The summed E-state index contributed by atoms with van der Waals surface area (Å²) in [5.41, 5.74) is 4.62. The highest BCUT2D eigenvalue weighted by Gasteiger charge is 2.54. The molecule has 1 aromatic rings. The summed E-state index contributed by atoms with van der Waals surface area (Å²) in [7, 11) is 0. The molecule has 4 aliphatic carbocycles. The summed E-state index contributed by atoms with van der Waals surface area (Å²) in [4.78, 5) is 30.2. The second-order valence-corrected chi connectivity index (χ2v) is 10.8. The monoisotopic (exact) mass is 377 g/mol. The van der Waals surface area contributed by atoms with Crippen molar-refractivity contribution in [2.75, 3.05) is 0 Å². The number of aldehydes is 1. The van der Waals surface area contributed by atoms with E-state index < -0.39 is 0 Å². The maximum absolute atomic E-state index is 13.7. The van der Waals surface area contributed by atoms with E-state index in [2.05, 4.69) is 19.9 Å². The van der Waals surface area contributed by atoms with E-state index in [1.54, 1.807) is 0 Å². The van der Waals surface area contributed by atoms with Crippen LogP contribution in [-0.4, -0.2) is 23.3 Å². The summed E-state index contributed by atoms with van der Waals surface area (Å²) < 4.78 is 0. The van der Waals surface area contributed by atoms with Crippen molar-refractivity contribution in [3.8, 4) is 0 Å². The van der Waals surface area contributed by atoms with Gasteiger partial charge in [-0.15, -0.1) is 0 Å². The lowest BCUT2D eigenvalue weighted by molar-refractivity contribution is -0.142. The van der Waals surface area contributed by atoms with E-state index in [0.717, 1.165) is 66.6 Å². The van der Waals surface area contributed by atoms with Crippen LogP contribution in [0.15, 0.2) is 17.1 Å². The number of rotatable bonds is 4. The molecule has 0 spiro atoms. The molecule has 0 N–H and O–H groups in total. The Morgan fingerprint density at radius 1 is 1.11 bits per heavy atom. The number of carbonyl (C=O) groups excluding carboxylic acids is 2. The van der Waals surface area contributed by atoms with Crippen molar-refractivity contribution in [1.29, 1.82) is 0 Å². The van der Waals surface area contributed by atoms with Crippen LogP contribution < -0.4 is 0 Å². The molecule has 0 amide bonds. The first kappa shape index (κ1) is 18.3. The second kappa shape index (κ2) is 6.11. The van der Waals surface area contributed by atoms with Gasteiger partial charge in [-0.25, -0.2) is 0 Å². The van der Waals surface area contributed by atoms with Crippen molar-refractivity contribution in [2.24, 2.45) is 28.2 Å². The molecule has 0 unspecified atom stereocenters. The number of hydrogen-bond acceptors (Lipinski definition) is 3. The minimum Gasteiger partial charge on any atom is -0.299 e. The zero-order valence-corrected chi connectivity index (χ0v) is 17.4. The van der Waals surface area contributed by atoms with Crippen molar-refractivity contribution in [1.82, 2.24) is 0 Å². The molecular formula is C25H31NO2. The van der Waals surface area contributed by atoms with Crippen LogP contribution in [-0.2, 0) is 11.2 Å². The third-order valence-corrected chi connectivity index (χ3v) is 7.95. The number of benzene rings is 1. The molecule has 1 aliphatic heterocycles. The first-order valence-electron chi connectivity index (χ1n) is 11.0. The maximum Gasteiger partial charge on any atom is 0.150 e. The summed E-state index contributed by atoms with van der Waals surface area (Å²) in [5.74, 6) is 2.74. The van der Waals surface area contributed by atoms with E-state index >= 15 is 0 Å². The average molecular weight is 378 g/mol. The quantitative estimate of drug-likeness (QED) is 0.685. The number of Topliss-reactive ketones (excluding diaryl/α,β-unsaturated/α-hetero) is 1. The van der Waals surface area contributed by atoms with Crippen molar-refractivity contribution < 1.29 is 9.59 Å². The normalized spacial score (nSPS) is 34.7. The second-order valence-electron chi connectivity index (χ2n) is 10.8. The van der Waals surface area contributed by atoms with Crippen LogP contribution in [0.2, 0.25) is 0 Å². The number of carbonyl (C=O) groups is 2. The highest BCUT2D eigenvalue weighted by molar-refractivity contribution is 6.14. The van der Waals surface area contributed by atoms with Crippen LogP contribution in [0.3, 0.4) is 0 Å². The Kier molecular flexibility index (Phi) is 3.99. The molecule has 4 saturated carbocycles. The van der Waals surface area contributed by atoms with E-state index in [4.69, 9.17) is 4.99 Å². The van der Waals surface area contributed by atoms with E-state index in [9.17, 15) is 9.59 Å². The fraction of sp³-hybridized carbons (Fsp3) is 0.640. The molecule has 0 atom stereocenters. The van der Waals surface area contributed by atoms with Crippen LogP contribution in [0.25, 0.3) is 0 Å². The maximum atomic E-state index is 13.7. The van der Waals surface area contributed by atoms with Crippen molar-refractivity contribution >= 4 is 17.8 Å². The van der Waals surface area contributed by atoms with Gasteiger partial charge in [-0.2, -0.15) is 0 Å². The third-order valence-electron chi connectivity index (χ3n) is 7.95. The molecule has 28 heavy (non-hydrogen) atoms. The van der Waals surface area contributed by atoms with Gasteiger partial charge in [0.15, 0.2) is 0 Å². The minimum atomic E-state index is -0.195. The summed E-state index contributed by atoms with van der Waals surface area (Å²) in [6.07, 6.45) is 9.59. The highest BCUT2D eigenvalue weighted by atomic mass is 16.1. The minimum absolute atomic E-state index is 0.0861. The first-order valence-corrected chi connectivity index (χ1v) is 11.0. The van der Waals surface area contributed by atoms with Crippen LogP contribution in [0, 0.1) is 30.1 Å². The number of nitrogens with zero attached hydrogens (tertiary/aromatic N) is 1. The van der Waals surface area contributed by atoms with Gasteiger partial charge in [-0.1, -0.05) is 6.07 Å². The van der Waals surface area contributed by atoms with Crippen LogP contribution in [0.5, 0.6) is 0 Å². The molecule has 0 radical (unpaired) electrons. The fourth-order valence-corrected chi connectivity index (χ4v) is 7.18. The SMILES string of the molecule is Cc1cc2c(cc1C=O)C(CC(=O)C13CC4CC(CC(C4)C1)C3)=NC(C)(C)C2. The van der Waals surface area contributed by atoms with Crippen molar-refractivity contribution in [3.63, 3.8) is 0 Å². The van der Waals surface area contributed by atoms with Gasteiger partial charge in [0.05, 0.1) is 11.3 Å². The predicted molar refractivity (Wildman–Crippen MR) is 111 cm³/mol. The fourth-order valence-electron chi connectivity index (χ4n) is 7.18. The van der Waals surface area contributed by atoms with E-state index in [1.165, 1.54) is 24.8 Å². The summed E-state index contributed by atoms with van der Waals surface area (Å²) in [6.45, 7) is 6.28. The molecule has 4 fully saturated rings. The van der Waals surface area contributed by atoms with Gasteiger partial charge in [-0.3, -0.25) is 14.6 Å². The molecule has 5 aliphatic rings. The van der Waals surface area contributed by atoms with E-state index in [0.29, 0.717) is 17.8 Å². The largest absolute Gasteiger partial charge is 0.299 e. The lowest BCUT2D eigenvalue weighted by Gasteiger charge is -2.56. The Hall–Kier alpha value is -1.77. The Bertz CT molecular complexity index is 857. The van der Waals surface area contributed by atoms with Gasteiger partial charge in [0, 0.05) is 17.4 Å². The zero-order valence-electron chi connectivity index (χ0n) is 17.4. The molecule has 1 heterocycles. The number of aliphatic imine (C=N–C) groups is 1. The smallest absolute Gasteiger partial charge is 0.150 e. The van der Waals surface area contributed by atoms with Crippen LogP contribution in [0.1, 0.15) is 85.8 Å². The molecule has 0 saturated heterocycles. The van der Waals surface area contributed by atoms with Gasteiger partial charge >= 0.3 is 0 Å². The summed E-state index contributed by atoms with van der Waals surface area (Å²) in [5, 5.41) is 0. The third kappa shape index (κ3) is 2.89. The average Bonchev–Trinajstić information content (AvgIpc) is 2.59. The van der Waals surface area contributed by atoms with Crippen LogP contribution >= 0.6 is 0 Å². The molecular weight excluding hydrogens is 346 g/mol. The van der Waals surface area contributed by atoms with Gasteiger partial charge in [0.1, 0.15) is 12.1 Å². The molecule has 4 bridgehead atoms. The molecule has 1 aromatic carbocycles. The van der Waals surface area contributed by atoms with Gasteiger partial charge < -0.3 is 0 Å². The summed E-state index contributed by atoms with van der Waals surface area (Å²) >= 11 is 0. The van der Waals surface area contributed by atoms with E-state index in [1.807, 2.05) is 13.0 Å². The Morgan fingerprint density at radius 3 is 2.29 bits per heavy atom. The molecule has 3 heteroatoms. The zero-order chi connectivity index (χ0) is 19.7. The topological polar surface area (TPSA) is 46.5 Å². The van der Waals surface area contributed by atoms with Crippen molar-refractivity contribution in [3.05, 3.63) is 34.4 Å². The number of hydrogen-bond donors (Lipinski definition) is 0. The molecule has 6 rings (SSSR count). The number of ketones is 1. The first-order chi connectivity index (χ1) is 13.3. The van der Waals surface area contributed by atoms with Gasteiger partial charge in [-0.05, 0) is 106 Å². The van der Waals surface area contributed by atoms with Crippen molar-refractivity contribution in [2.45, 2.75) is 77.7 Å². The molecule has 0 aromatic heterocycles. The lowest BCUT2D eigenvalue weighted by Crippen LogP contribution is -2.50. The lowest BCUT2D eigenvalue weighted by atomic mass is 9.48. The summed E-state index contributed by atoms with van der Waals surface area (Å²) in [6, 6.07) is 4.10. The number of aryl methyl sites for hydroxylation is 1. The van der Waals surface area contributed by atoms with E-state index in [-0.39, 0.29) is 11.0 Å². The predicted octanol–water partition coefficient (Wildman–Crippen LogP) is 5.11. The van der Waals surface area contributed by atoms with Crippen LogP contribution in [0.4, 0.5) is 0 Å². The van der Waals surface area contributed by atoms with Gasteiger partial charge in [0.25, 0.3) is 0 Å². The Morgan fingerprint density at radius 2 is 1.71 bits per heavy atom. The molecule has 148 valence electrons. The Balaban J connectivity index is 1.48. The van der Waals surface area contributed by atoms with Gasteiger partial charge in [0.2, 0.25) is 0 Å². The number of fused-ring (bicyclic) bond motifs is 1. The highest BCUT2D eigenvalue weighted by Crippen LogP contribution is 2.60. The Labute approximate surface area is 168 Å². The standard InChI is InChI=1S/C25H31NO2/c1-15-4-19-13-24(2,3)26-22(21(19)8-20(15)14-27)9-23(28)25-10-16-5-17(11-25)7-18(6-16)12-25/h4,8,14,16-18H,5-7,9-13H2,1-3H3. The molecule has 3 nitrogen and oxygen atoms in total.